The van der Waals surface area contributed by atoms with Crippen molar-refractivity contribution in [1.29, 1.82) is 0 Å². The molecule has 11 heteroatoms. The average Bonchev–Trinajstić information content (AvgIpc) is 3.46. The van der Waals surface area contributed by atoms with Crippen molar-refractivity contribution in [3.05, 3.63) is 52.5 Å². The normalized spacial score (nSPS) is 15.9. The highest BCUT2D eigenvalue weighted by Gasteiger charge is 2.43. The highest BCUT2D eigenvalue weighted by Crippen LogP contribution is 2.47. The van der Waals surface area contributed by atoms with Crippen LogP contribution in [0, 0.1) is 0 Å². The molecule has 1 aliphatic heterocycles. The van der Waals surface area contributed by atoms with Gasteiger partial charge in [-0.1, -0.05) is 13.0 Å². The van der Waals surface area contributed by atoms with Crippen molar-refractivity contribution in [3.63, 3.8) is 0 Å². The summed E-state index contributed by atoms with van der Waals surface area (Å²) in [7, 11) is 3.56. The summed E-state index contributed by atoms with van der Waals surface area (Å²) >= 11 is 0. The van der Waals surface area contributed by atoms with E-state index < -0.39 is 12.0 Å². The molecule has 0 radical (unpaired) electrons. The average molecular weight is 466 g/mol. The van der Waals surface area contributed by atoms with Crippen LogP contribution in [0.15, 0.2) is 29.4 Å². The van der Waals surface area contributed by atoms with Gasteiger partial charge < -0.3 is 15.3 Å². The van der Waals surface area contributed by atoms with Crippen LogP contribution in [-0.4, -0.2) is 64.9 Å². The van der Waals surface area contributed by atoms with Gasteiger partial charge in [-0.05, 0) is 31.0 Å². The molecule has 3 amide bonds. The van der Waals surface area contributed by atoms with Gasteiger partial charge in [0, 0.05) is 55.0 Å². The third-order valence-electron chi connectivity index (χ3n) is 5.96. The number of hydrogen-bond acceptors (Lipinski definition) is 6. The van der Waals surface area contributed by atoms with Gasteiger partial charge in [0.2, 0.25) is 0 Å². The van der Waals surface area contributed by atoms with Crippen LogP contribution < -0.4 is 15.6 Å². The lowest BCUT2D eigenvalue weighted by Gasteiger charge is -2.15. The Morgan fingerprint density at radius 2 is 2.06 bits per heavy atom. The molecule has 1 fully saturated rings. The zero-order valence-electron chi connectivity index (χ0n) is 19.3. The number of rotatable bonds is 8. The summed E-state index contributed by atoms with van der Waals surface area (Å²) in [6, 6.07) is 6.74. The highest BCUT2D eigenvalue weighted by molar-refractivity contribution is 6.10. The third kappa shape index (κ3) is 4.82. The van der Waals surface area contributed by atoms with Crippen molar-refractivity contribution in [1.82, 2.24) is 25.6 Å². The fourth-order valence-electron chi connectivity index (χ4n) is 3.76. The lowest BCUT2D eigenvalue weighted by molar-refractivity contribution is 0.0946. The molecule has 2 aromatic rings. The molecule has 0 bridgehead atoms. The summed E-state index contributed by atoms with van der Waals surface area (Å²) in [6.07, 6.45) is 2.72. The minimum Gasteiger partial charge on any atom is -0.465 e. The van der Waals surface area contributed by atoms with E-state index in [1.807, 2.05) is 6.07 Å². The number of nitrogens with one attached hydrogen (secondary N) is 2. The summed E-state index contributed by atoms with van der Waals surface area (Å²) in [5.74, 6) is -0.361. The Labute approximate surface area is 196 Å². The molecule has 1 aliphatic carbocycles. The summed E-state index contributed by atoms with van der Waals surface area (Å²) < 4.78 is 0. The molecule has 0 saturated heterocycles. The molecule has 2 aromatic heterocycles. The number of carbonyl (C=O) groups is 3. The van der Waals surface area contributed by atoms with Crippen molar-refractivity contribution in [2.24, 2.45) is 5.10 Å². The number of anilines is 1. The van der Waals surface area contributed by atoms with Crippen molar-refractivity contribution in [2.75, 3.05) is 25.5 Å². The maximum atomic E-state index is 13.4. The van der Waals surface area contributed by atoms with Crippen LogP contribution in [-0.2, 0) is 18.4 Å². The molecular weight excluding hydrogens is 438 g/mol. The van der Waals surface area contributed by atoms with Crippen LogP contribution in [0.3, 0.4) is 0 Å². The van der Waals surface area contributed by atoms with E-state index in [0.717, 1.165) is 24.1 Å². The number of carbonyl (C=O) groups excluding carboxylic acids is 2. The number of aromatic nitrogens is 2. The van der Waals surface area contributed by atoms with E-state index in [-0.39, 0.29) is 30.1 Å². The molecule has 34 heavy (non-hydrogen) atoms. The first-order valence-corrected chi connectivity index (χ1v) is 11.0. The predicted octanol–water partition coefficient (Wildman–Crippen LogP) is 1.73. The zero-order valence-corrected chi connectivity index (χ0v) is 19.3. The van der Waals surface area contributed by atoms with Gasteiger partial charge in [-0.3, -0.25) is 19.5 Å². The molecular formula is C23H27N7O4. The van der Waals surface area contributed by atoms with Gasteiger partial charge >= 0.3 is 6.09 Å². The lowest BCUT2D eigenvalue weighted by atomic mass is 9.98. The Morgan fingerprint density at radius 1 is 1.29 bits per heavy atom. The fourth-order valence-corrected chi connectivity index (χ4v) is 3.76. The SMILES string of the molecule is CN(C)/C=N/NC(=O)c1cccc(N2Cc3c(cc(C4(C)CC4)nc3CCNC(=O)O)C2=O)n1. The van der Waals surface area contributed by atoms with E-state index in [1.54, 1.807) is 37.2 Å². The van der Waals surface area contributed by atoms with Crippen molar-refractivity contribution >= 4 is 30.1 Å². The number of amides is 3. The van der Waals surface area contributed by atoms with Gasteiger partial charge in [-0.25, -0.2) is 15.2 Å². The molecule has 4 rings (SSSR count). The van der Waals surface area contributed by atoms with Gasteiger partial charge in [0.15, 0.2) is 0 Å². The molecule has 0 atom stereocenters. The molecule has 1 saturated carbocycles. The van der Waals surface area contributed by atoms with Gasteiger partial charge in [0.05, 0.1) is 6.54 Å². The number of carboxylic acid groups (broad SMARTS) is 1. The van der Waals surface area contributed by atoms with Crippen LogP contribution in [0.1, 0.15) is 57.6 Å². The molecule has 3 heterocycles. The Bertz CT molecular complexity index is 1170. The van der Waals surface area contributed by atoms with E-state index in [0.29, 0.717) is 23.5 Å². The van der Waals surface area contributed by atoms with Crippen LogP contribution in [0.2, 0.25) is 0 Å². The van der Waals surface area contributed by atoms with E-state index >= 15 is 0 Å². The van der Waals surface area contributed by atoms with Crippen LogP contribution in [0.4, 0.5) is 10.6 Å². The smallest absolute Gasteiger partial charge is 0.404 e. The number of fused-ring (bicyclic) bond motifs is 1. The Hall–Kier alpha value is -4.02. The summed E-state index contributed by atoms with van der Waals surface area (Å²) in [6.45, 7) is 2.56. The predicted molar refractivity (Wildman–Crippen MR) is 125 cm³/mol. The number of hydrogen-bond donors (Lipinski definition) is 3. The minimum atomic E-state index is -1.10. The molecule has 0 unspecified atom stereocenters. The molecule has 3 N–H and O–H groups in total. The first kappa shape index (κ1) is 23.1. The highest BCUT2D eigenvalue weighted by atomic mass is 16.4. The summed E-state index contributed by atoms with van der Waals surface area (Å²) in [5.41, 5.74) is 5.36. The first-order valence-electron chi connectivity index (χ1n) is 11.0. The van der Waals surface area contributed by atoms with Gasteiger partial charge in [0.25, 0.3) is 11.8 Å². The maximum absolute atomic E-state index is 13.4. The topological polar surface area (TPSA) is 140 Å². The lowest BCUT2D eigenvalue weighted by Crippen LogP contribution is -2.26. The molecule has 178 valence electrons. The fraction of sp³-hybridized carbons (Fsp3) is 0.391. The van der Waals surface area contributed by atoms with Crippen LogP contribution in [0.5, 0.6) is 0 Å². The quantitative estimate of drug-likeness (QED) is 0.306. The van der Waals surface area contributed by atoms with Crippen molar-refractivity contribution < 1.29 is 19.5 Å². The second kappa shape index (κ2) is 9.08. The number of nitrogens with zero attached hydrogens (tertiary/aromatic N) is 5. The van der Waals surface area contributed by atoms with E-state index in [2.05, 4.69) is 27.8 Å². The summed E-state index contributed by atoms with van der Waals surface area (Å²) in [4.78, 5) is 49.1. The van der Waals surface area contributed by atoms with E-state index in [9.17, 15) is 14.4 Å². The molecule has 11 nitrogen and oxygen atoms in total. The van der Waals surface area contributed by atoms with E-state index in [1.165, 1.54) is 11.2 Å². The Kier molecular flexibility index (Phi) is 6.18. The zero-order chi connectivity index (χ0) is 24.5. The monoisotopic (exact) mass is 465 g/mol. The van der Waals surface area contributed by atoms with E-state index in [4.69, 9.17) is 10.1 Å². The second-order valence-electron chi connectivity index (χ2n) is 8.94. The van der Waals surface area contributed by atoms with Gasteiger partial charge in [-0.2, -0.15) is 5.10 Å². The maximum Gasteiger partial charge on any atom is 0.404 e. The van der Waals surface area contributed by atoms with Gasteiger partial charge in [-0.15, -0.1) is 0 Å². The number of hydrazone groups is 1. The van der Waals surface area contributed by atoms with Crippen molar-refractivity contribution in [3.8, 4) is 0 Å². The van der Waals surface area contributed by atoms with Gasteiger partial charge in [0.1, 0.15) is 17.9 Å². The minimum absolute atomic E-state index is 0.0545. The molecule has 0 spiro atoms. The summed E-state index contributed by atoms with van der Waals surface area (Å²) in [5, 5.41) is 15.1. The third-order valence-corrected chi connectivity index (χ3v) is 5.96. The van der Waals surface area contributed by atoms with Crippen LogP contribution in [0.25, 0.3) is 0 Å². The standard InChI is InChI=1S/C23H27N7O4/c1-23(8-9-23)18-11-14-15(16(26-18)7-10-24-22(33)34)12-30(21(14)32)19-6-4-5-17(27-19)20(31)28-25-13-29(2)3/h4-6,11,13,24H,7-10,12H2,1-3H3,(H,28,31)(H,33,34)/b25-13+. The second-order valence-corrected chi connectivity index (χ2v) is 8.94. The molecule has 0 aromatic carbocycles. The van der Waals surface area contributed by atoms with Crippen LogP contribution >= 0.6 is 0 Å². The van der Waals surface area contributed by atoms with Crippen molar-refractivity contribution in [2.45, 2.75) is 38.1 Å². The first-order chi connectivity index (χ1) is 16.2. The molecule has 2 aliphatic rings. The number of pyridine rings is 2. The Morgan fingerprint density at radius 3 is 2.74 bits per heavy atom. The Balaban J connectivity index is 1.60. The largest absolute Gasteiger partial charge is 0.465 e.